The molecule has 1 unspecified atom stereocenters. The Labute approximate surface area is 107 Å². The zero-order chi connectivity index (χ0) is 12.8. The number of ether oxygens (including phenoxy) is 2. The fourth-order valence-corrected chi connectivity index (χ4v) is 1.99. The van der Waals surface area contributed by atoms with Gasteiger partial charge in [-0.05, 0) is 12.8 Å². The molecule has 2 rings (SSSR count). The minimum absolute atomic E-state index is 0.221. The topological polar surface area (TPSA) is 89.3 Å². The third kappa shape index (κ3) is 3.66. The fourth-order valence-electron chi connectivity index (χ4n) is 1.99. The van der Waals surface area contributed by atoms with Crippen LogP contribution in [0, 0.1) is 0 Å². The molecule has 1 aliphatic heterocycles. The summed E-state index contributed by atoms with van der Waals surface area (Å²) in [5.41, 5.74) is 5.94. The average molecular weight is 255 g/mol. The van der Waals surface area contributed by atoms with Crippen molar-refractivity contribution in [2.45, 2.75) is 25.5 Å². The lowest BCUT2D eigenvalue weighted by Gasteiger charge is -2.29. The molecule has 7 heteroatoms. The number of hydrogen-bond acceptors (Lipinski definition) is 6. The molecule has 1 saturated heterocycles. The molecule has 1 aliphatic rings. The molecule has 1 aromatic rings. The zero-order valence-electron chi connectivity index (χ0n) is 10.8. The standard InChI is InChI=1S/C11H21N5O2/c1-17-5-6-18-8-10-13-11(15-14-10)16-4-2-3-9(12)7-16/h9H,2-8,12H2,1H3,(H,13,14,15). The normalized spacial score (nSPS) is 20.3. The largest absolute Gasteiger partial charge is 0.382 e. The second-order valence-corrected chi connectivity index (χ2v) is 4.48. The second kappa shape index (κ2) is 6.67. The van der Waals surface area contributed by atoms with Gasteiger partial charge < -0.3 is 20.1 Å². The third-order valence-corrected chi connectivity index (χ3v) is 2.93. The van der Waals surface area contributed by atoms with E-state index in [2.05, 4.69) is 20.1 Å². The van der Waals surface area contributed by atoms with Crippen molar-refractivity contribution >= 4 is 5.95 Å². The Hall–Kier alpha value is -1.18. The molecule has 0 radical (unpaired) electrons. The quantitative estimate of drug-likeness (QED) is 0.690. The SMILES string of the molecule is COCCOCc1nc(N2CCCC(N)C2)n[nH]1. The van der Waals surface area contributed by atoms with Crippen molar-refractivity contribution in [3.05, 3.63) is 5.82 Å². The molecule has 0 aromatic carbocycles. The molecule has 2 heterocycles. The van der Waals surface area contributed by atoms with Gasteiger partial charge in [0.1, 0.15) is 6.61 Å². The van der Waals surface area contributed by atoms with E-state index in [1.807, 2.05) is 0 Å². The lowest BCUT2D eigenvalue weighted by molar-refractivity contribution is 0.0587. The predicted molar refractivity (Wildman–Crippen MR) is 67.3 cm³/mol. The Balaban J connectivity index is 1.81. The van der Waals surface area contributed by atoms with Gasteiger partial charge in [-0.2, -0.15) is 4.98 Å². The van der Waals surface area contributed by atoms with Gasteiger partial charge in [-0.15, -0.1) is 5.10 Å². The van der Waals surface area contributed by atoms with Gasteiger partial charge in [0.25, 0.3) is 0 Å². The maximum atomic E-state index is 5.94. The first kappa shape index (κ1) is 13.3. The first-order valence-corrected chi connectivity index (χ1v) is 6.28. The van der Waals surface area contributed by atoms with Crippen LogP contribution >= 0.6 is 0 Å². The van der Waals surface area contributed by atoms with Crippen LogP contribution in [0.4, 0.5) is 5.95 Å². The lowest BCUT2D eigenvalue weighted by atomic mass is 10.1. The third-order valence-electron chi connectivity index (χ3n) is 2.93. The lowest BCUT2D eigenvalue weighted by Crippen LogP contribution is -2.43. The minimum atomic E-state index is 0.221. The van der Waals surface area contributed by atoms with E-state index < -0.39 is 0 Å². The summed E-state index contributed by atoms with van der Waals surface area (Å²) in [6.45, 7) is 3.36. The van der Waals surface area contributed by atoms with E-state index in [0.717, 1.165) is 37.7 Å². The Morgan fingerprint density at radius 2 is 2.39 bits per heavy atom. The van der Waals surface area contributed by atoms with Gasteiger partial charge in [0.05, 0.1) is 13.2 Å². The van der Waals surface area contributed by atoms with Crippen LogP contribution in [0.3, 0.4) is 0 Å². The molecule has 1 fully saturated rings. The van der Waals surface area contributed by atoms with Crippen LogP contribution in [-0.2, 0) is 16.1 Å². The molecule has 3 N–H and O–H groups in total. The van der Waals surface area contributed by atoms with Crippen LogP contribution in [0.1, 0.15) is 18.7 Å². The molecule has 102 valence electrons. The Bertz CT molecular complexity index is 357. The number of methoxy groups -OCH3 is 1. The van der Waals surface area contributed by atoms with Gasteiger partial charge in [0, 0.05) is 26.2 Å². The van der Waals surface area contributed by atoms with Crippen LogP contribution in [0.25, 0.3) is 0 Å². The van der Waals surface area contributed by atoms with Gasteiger partial charge in [0.2, 0.25) is 5.95 Å². The number of piperidine rings is 1. The van der Waals surface area contributed by atoms with E-state index in [1.165, 1.54) is 0 Å². The molecule has 0 saturated carbocycles. The number of rotatable bonds is 6. The highest BCUT2D eigenvalue weighted by molar-refractivity contribution is 5.29. The summed E-state index contributed by atoms with van der Waals surface area (Å²) >= 11 is 0. The van der Waals surface area contributed by atoms with Crippen molar-refractivity contribution in [2.75, 3.05) is 38.3 Å². The summed E-state index contributed by atoms with van der Waals surface area (Å²) in [7, 11) is 1.65. The number of aromatic nitrogens is 3. The molecule has 0 bridgehead atoms. The molecule has 7 nitrogen and oxygen atoms in total. The first-order chi connectivity index (χ1) is 8.79. The summed E-state index contributed by atoms with van der Waals surface area (Å²) < 4.78 is 10.3. The molecule has 1 aromatic heterocycles. The van der Waals surface area contributed by atoms with Crippen molar-refractivity contribution in [1.29, 1.82) is 0 Å². The van der Waals surface area contributed by atoms with Crippen molar-refractivity contribution in [3.63, 3.8) is 0 Å². The summed E-state index contributed by atoms with van der Waals surface area (Å²) in [6.07, 6.45) is 2.17. The Kier molecular flexibility index (Phi) is 4.91. The van der Waals surface area contributed by atoms with Gasteiger partial charge in [-0.1, -0.05) is 0 Å². The first-order valence-electron chi connectivity index (χ1n) is 6.28. The Morgan fingerprint density at radius 1 is 1.50 bits per heavy atom. The van der Waals surface area contributed by atoms with Gasteiger partial charge in [0.15, 0.2) is 5.82 Å². The molecular formula is C11H21N5O2. The van der Waals surface area contributed by atoms with E-state index in [-0.39, 0.29) is 6.04 Å². The molecular weight excluding hydrogens is 234 g/mol. The van der Waals surface area contributed by atoms with Crippen molar-refractivity contribution in [2.24, 2.45) is 5.73 Å². The van der Waals surface area contributed by atoms with Gasteiger partial charge >= 0.3 is 0 Å². The number of H-pyrrole nitrogens is 1. The number of nitrogens with two attached hydrogens (primary N) is 1. The van der Waals surface area contributed by atoms with E-state index in [4.69, 9.17) is 15.2 Å². The number of hydrogen-bond donors (Lipinski definition) is 2. The summed E-state index contributed by atoms with van der Waals surface area (Å²) in [5.74, 6) is 1.45. The number of anilines is 1. The fraction of sp³-hybridized carbons (Fsp3) is 0.818. The monoisotopic (exact) mass is 255 g/mol. The maximum absolute atomic E-state index is 5.94. The molecule has 0 aliphatic carbocycles. The smallest absolute Gasteiger partial charge is 0.244 e. The van der Waals surface area contributed by atoms with Crippen LogP contribution in [-0.4, -0.2) is 54.6 Å². The van der Waals surface area contributed by atoms with Crippen LogP contribution in [0.2, 0.25) is 0 Å². The molecule has 1 atom stereocenters. The summed E-state index contributed by atoms with van der Waals surface area (Å²) in [5, 5.41) is 7.08. The van der Waals surface area contributed by atoms with Gasteiger partial charge in [-0.3, -0.25) is 5.10 Å². The van der Waals surface area contributed by atoms with Crippen LogP contribution in [0.5, 0.6) is 0 Å². The van der Waals surface area contributed by atoms with Crippen LogP contribution < -0.4 is 10.6 Å². The molecule has 18 heavy (non-hydrogen) atoms. The Morgan fingerprint density at radius 3 is 3.17 bits per heavy atom. The predicted octanol–water partition coefficient (Wildman–Crippen LogP) is -0.105. The van der Waals surface area contributed by atoms with Crippen LogP contribution in [0.15, 0.2) is 0 Å². The second-order valence-electron chi connectivity index (χ2n) is 4.48. The average Bonchev–Trinajstić information content (AvgIpc) is 2.83. The van der Waals surface area contributed by atoms with Crippen molar-refractivity contribution < 1.29 is 9.47 Å². The van der Waals surface area contributed by atoms with Crippen molar-refractivity contribution in [3.8, 4) is 0 Å². The van der Waals surface area contributed by atoms with Crippen molar-refractivity contribution in [1.82, 2.24) is 15.2 Å². The maximum Gasteiger partial charge on any atom is 0.244 e. The summed E-state index contributed by atoms with van der Waals surface area (Å²) in [4.78, 5) is 6.52. The molecule has 0 spiro atoms. The number of nitrogens with one attached hydrogen (secondary N) is 1. The zero-order valence-corrected chi connectivity index (χ0v) is 10.8. The van der Waals surface area contributed by atoms with E-state index in [0.29, 0.717) is 19.8 Å². The minimum Gasteiger partial charge on any atom is -0.382 e. The molecule has 0 amide bonds. The number of nitrogens with zero attached hydrogens (tertiary/aromatic N) is 3. The van der Waals surface area contributed by atoms with E-state index >= 15 is 0 Å². The number of aromatic amines is 1. The highest BCUT2D eigenvalue weighted by atomic mass is 16.5. The van der Waals surface area contributed by atoms with E-state index in [9.17, 15) is 0 Å². The van der Waals surface area contributed by atoms with Gasteiger partial charge in [-0.25, -0.2) is 0 Å². The van der Waals surface area contributed by atoms with E-state index in [1.54, 1.807) is 7.11 Å². The highest BCUT2D eigenvalue weighted by Crippen LogP contribution is 2.14. The highest BCUT2D eigenvalue weighted by Gasteiger charge is 2.19. The summed E-state index contributed by atoms with van der Waals surface area (Å²) in [6, 6.07) is 0.221.